The van der Waals surface area contributed by atoms with Gasteiger partial charge in [0, 0.05) is 18.7 Å². The number of carbonyl (C=O) groups is 2. The van der Waals surface area contributed by atoms with Gasteiger partial charge in [0.05, 0.1) is 29.9 Å². The number of nitrogens with one attached hydrogen (secondary N) is 1. The van der Waals surface area contributed by atoms with Crippen molar-refractivity contribution < 1.29 is 27.5 Å². The summed E-state index contributed by atoms with van der Waals surface area (Å²) in [4.78, 5) is 25.2. The number of primary amides is 1. The molecule has 0 unspecified atom stereocenters. The Bertz CT molecular complexity index is 873. The number of amides is 2. The summed E-state index contributed by atoms with van der Waals surface area (Å²) in [6.45, 7) is -0.0857. The van der Waals surface area contributed by atoms with Gasteiger partial charge >= 0.3 is 6.18 Å². The van der Waals surface area contributed by atoms with Crippen LogP contribution < -0.4 is 20.7 Å². The lowest BCUT2D eigenvalue weighted by atomic mass is 10.2. The second kappa shape index (κ2) is 9.51. The number of rotatable bonds is 8. The highest BCUT2D eigenvalue weighted by Crippen LogP contribution is 2.33. The Labute approximate surface area is 170 Å². The predicted molar refractivity (Wildman–Crippen MR) is 104 cm³/mol. The molecule has 0 aliphatic rings. The summed E-state index contributed by atoms with van der Waals surface area (Å²) in [6, 6.07) is 9.38. The lowest BCUT2D eigenvalue weighted by Gasteiger charge is -2.24. The summed E-state index contributed by atoms with van der Waals surface area (Å²) < 4.78 is 43.7. The highest BCUT2D eigenvalue weighted by Gasteiger charge is 2.31. The fourth-order valence-corrected chi connectivity index (χ4v) is 2.66. The number of alkyl halides is 3. The van der Waals surface area contributed by atoms with Crippen LogP contribution in [0.5, 0.6) is 5.75 Å². The molecule has 0 bridgehead atoms. The van der Waals surface area contributed by atoms with E-state index in [-0.39, 0.29) is 30.2 Å². The maximum atomic E-state index is 12.9. The van der Waals surface area contributed by atoms with Crippen LogP contribution in [0.25, 0.3) is 0 Å². The monoisotopic (exact) mass is 429 g/mol. The van der Waals surface area contributed by atoms with E-state index in [0.717, 1.165) is 18.2 Å². The molecule has 0 radical (unpaired) electrons. The van der Waals surface area contributed by atoms with Gasteiger partial charge < -0.3 is 20.7 Å². The second-order valence-electron chi connectivity index (χ2n) is 6.08. The van der Waals surface area contributed by atoms with Crippen LogP contribution in [0.4, 0.5) is 24.5 Å². The van der Waals surface area contributed by atoms with Gasteiger partial charge in [0.1, 0.15) is 5.75 Å². The van der Waals surface area contributed by atoms with Gasteiger partial charge in [0.15, 0.2) is 0 Å². The van der Waals surface area contributed by atoms with Crippen molar-refractivity contribution in [3.63, 3.8) is 0 Å². The molecule has 0 aliphatic heterocycles. The number of methoxy groups -OCH3 is 1. The van der Waals surface area contributed by atoms with Crippen LogP contribution in [0.1, 0.15) is 12.0 Å². The fourth-order valence-electron chi connectivity index (χ4n) is 2.50. The van der Waals surface area contributed by atoms with E-state index in [1.54, 1.807) is 29.2 Å². The lowest BCUT2D eigenvalue weighted by molar-refractivity contribution is -0.137. The van der Waals surface area contributed by atoms with Gasteiger partial charge in [-0.25, -0.2) is 0 Å². The molecule has 0 spiro atoms. The molecule has 0 atom stereocenters. The molecule has 0 heterocycles. The Morgan fingerprint density at radius 2 is 1.83 bits per heavy atom. The fraction of sp³-hybridized carbons (Fsp3) is 0.263. The van der Waals surface area contributed by atoms with Gasteiger partial charge in [-0.1, -0.05) is 11.6 Å². The molecular weight excluding hydrogens is 411 g/mol. The van der Waals surface area contributed by atoms with E-state index in [0.29, 0.717) is 11.4 Å². The minimum Gasteiger partial charge on any atom is -0.497 e. The zero-order valence-corrected chi connectivity index (χ0v) is 16.2. The Kier molecular flexibility index (Phi) is 7.33. The molecule has 29 heavy (non-hydrogen) atoms. The number of halogens is 4. The summed E-state index contributed by atoms with van der Waals surface area (Å²) in [5, 5.41) is 2.35. The van der Waals surface area contributed by atoms with Gasteiger partial charge in [-0.15, -0.1) is 0 Å². The van der Waals surface area contributed by atoms with Gasteiger partial charge in [-0.05, 0) is 42.5 Å². The van der Waals surface area contributed by atoms with E-state index in [4.69, 9.17) is 22.1 Å². The van der Waals surface area contributed by atoms with E-state index in [1.165, 1.54) is 7.11 Å². The smallest absolute Gasteiger partial charge is 0.416 e. The molecule has 3 N–H and O–H groups in total. The van der Waals surface area contributed by atoms with Gasteiger partial charge in [0.2, 0.25) is 11.8 Å². The summed E-state index contributed by atoms with van der Waals surface area (Å²) in [5.74, 6) is -0.555. The summed E-state index contributed by atoms with van der Waals surface area (Å²) in [6.07, 6.45) is -4.58. The first-order valence-corrected chi connectivity index (χ1v) is 8.82. The van der Waals surface area contributed by atoms with Crippen molar-refractivity contribution in [2.24, 2.45) is 5.73 Å². The van der Waals surface area contributed by atoms with E-state index in [9.17, 15) is 22.8 Å². The molecule has 0 saturated heterocycles. The molecule has 0 saturated carbocycles. The maximum Gasteiger partial charge on any atom is 0.416 e. The minimum atomic E-state index is -4.57. The largest absolute Gasteiger partial charge is 0.497 e. The first-order chi connectivity index (χ1) is 13.6. The zero-order chi connectivity index (χ0) is 21.6. The van der Waals surface area contributed by atoms with E-state index in [2.05, 4.69) is 5.32 Å². The normalized spacial score (nSPS) is 11.1. The van der Waals surface area contributed by atoms with Crippen molar-refractivity contribution >= 4 is 34.8 Å². The zero-order valence-electron chi connectivity index (χ0n) is 15.4. The molecule has 2 rings (SSSR count). The van der Waals surface area contributed by atoms with E-state index < -0.39 is 23.6 Å². The number of carbonyl (C=O) groups excluding carboxylic acids is 2. The third-order valence-electron chi connectivity index (χ3n) is 3.97. The van der Waals surface area contributed by atoms with Gasteiger partial charge in [-0.3, -0.25) is 9.59 Å². The maximum absolute atomic E-state index is 12.9. The number of benzene rings is 2. The lowest BCUT2D eigenvalue weighted by Crippen LogP contribution is -2.35. The average molecular weight is 430 g/mol. The number of hydrogen-bond donors (Lipinski definition) is 2. The van der Waals surface area contributed by atoms with Crippen LogP contribution in [0.15, 0.2) is 42.5 Å². The molecule has 0 fully saturated rings. The Hall–Kier alpha value is -2.94. The first kappa shape index (κ1) is 22.4. The minimum absolute atomic E-state index is 0.0103. The van der Waals surface area contributed by atoms with Crippen LogP contribution >= 0.6 is 11.6 Å². The summed E-state index contributed by atoms with van der Waals surface area (Å²) >= 11 is 5.91. The van der Waals surface area contributed by atoms with Crippen molar-refractivity contribution in [2.75, 3.05) is 30.4 Å². The SMILES string of the molecule is COc1ccc(N(CCC(N)=O)CC(=O)Nc2cc(C(F)(F)F)ccc2Cl)cc1. The van der Waals surface area contributed by atoms with E-state index in [1.807, 2.05) is 0 Å². The molecule has 6 nitrogen and oxygen atoms in total. The Morgan fingerprint density at radius 3 is 2.38 bits per heavy atom. The van der Waals surface area contributed by atoms with Gasteiger partial charge in [0.25, 0.3) is 0 Å². The molecule has 10 heteroatoms. The van der Waals surface area contributed by atoms with Gasteiger partial charge in [-0.2, -0.15) is 13.2 Å². The van der Waals surface area contributed by atoms with E-state index >= 15 is 0 Å². The highest BCUT2D eigenvalue weighted by atomic mass is 35.5. The molecule has 156 valence electrons. The number of nitrogens with two attached hydrogens (primary N) is 1. The molecule has 0 aromatic heterocycles. The number of nitrogens with zero attached hydrogens (tertiary/aromatic N) is 1. The number of anilines is 2. The Morgan fingerprint density at radius 1 is 1.17 bits per heavy atom. The van der Waals surface area contributed by atoms with Crippen LogP contribution in [-0.2, 0) is 15.8 Å². The van der Waals surface area contributed by atoms with Crippen molar-refractivity contribution in [2.45, 2.75) is 12.6 Å². The summed E-state index contributed by atoms with van der Waals surface area (Å²) in [5.41, 5.74) is 4.71. The van der Waals surface area contributed by atoms with Crippen LogP contribution in [0.3, 0.4) is 0 Å². The second-order valence-corrected chi connectivity index (χ2v) is 6.48. The number of ether oxygens (including phenoxy) is 1. The van der Waals surface area contributed by atoms with Crippen molar-refractivity contribution in [1.29, 1.82) is 0 Å². The highest BCUT2D eigenvalue weighted by molar-refractivity contribution is 6.33. The third-order valence-corrected chi connectivity index (χ3v) is 4.30. The molecule has 2 aromatic carbocycles. The standard InChI is InChI=1S/C19H19ClF3N3O3/c1-29-14-5-3-13(4-6-14)26(9-8-17(24)27)11-18(28)25-16-10-12(19(21,22)23)2-7-15(16)20/h2-7,10H,8-9,11H2,1H3,(H2,24,27)(H,25,28). The molecular formula is C19H19ClF3N3O3. The number of hydrogen-bond acceptors (Lipinski definition) is 4. The van der Waals surface area contributed by atoms with Crippen LogP contribution in [-0.4, -0.2) is 32.0 Å². The van der Waals surface area contributed by atoms with Crippen molar-refractivity contribution in [3.8, 4) is 5.75 Å². The van der Waals surface area contributed by atoms with Crippen LogP contribution in [0, 0.1) is 0 Å². The summed E-state index contributed by atoms with van der Waals surface area (Å²) in [7, 11) is 1.51. The molecule has 2 aromatic rings. The van der Waals surface area contributed by atoms with Crippen LogP contribution in [0.2, 0.25) is 5.02 Å². The van der Waals surface area contributed by atoms with Crippen molar-refractivity contribution in [3.05, 3.63) is 53.1 Å². The predicted octanol–water partition coefficient (Wildman–Crippen LogP) is 3.69. The molecule has 0 aliphatic carbocycles. The average Bonchev–Trinajstić information content (AvgIpc) is 2.66. The molecule has 2 amide bonds. The first-order valence-electron chi connectivity index (χ1n) is 8.44. The third kappa shape index (κ3) is 6.56. The topological polar surface area (TPSA) is 84.7 Å². The Balaban J connectivity index is 2.17. The van der Waals surface area contributed by atoms with Crippen molar-refractivity contribution in [1.82, 2.24) is 0 Å². The quantitative estimate of drug-likeness (QED) is 0.670.